The van der Waals surface area contributed by atoms with Crippen LogP contribution in [0.15, 0.2) is 89.6 Å². The van der Waals surface area contributed by atoms with E-state index in [1.807, 2.05) is 39.8 Å². The van der Waals surface area contributed by atoms with Crippen LogP contribution in [-0.2, 0) is 12.6 Å². The van der Waals surface area contributed by atoms with Crippen LogP contribution in [0.5, 0.6) is 0 Å². The molecule has 6 aromatic rings. The van der Waals surface area contributed by atoms with Crippen LogP contribution in [0.1, 0.15) is 152 Å². The third kappa shape index (κ3) is 10.9. The number of halogens is 4. The van der Waals surface area contributed by atoms with Crippen molar-refractivity contribution in [2.45, 2.75) is 136 Å². The number of hydrogen-bond acceptors (Lipinski definition) is 1. The van der Waals surface area contributed by atoms with Gasteiger partial charge in [-0.15, -0.1) is 0 Å². The Morgan fingerprint density at radius 1 is 0.638 bits per heavy atom. The van der Waals surface area contributed by atoms with Gasteiger partial charge in [-0.05, 0) is 192 Å². The summed E-state index contributed by atoms with van der Waals surface area (Å²) >= 11 is 0. The summed E-state index contributed by atoms with van der Waals surface area (Å²) < 4.78 is 63.9. The molecular formula is C62H71F4N2P. The van der Waals surface area contributed by atoms with Gasteiger partial charge in [-0.1, -0.05) is 129 Å². The smallest absolute Gasteiger partial charge is 0.294 e. The second-order valence-electron chi connectivity index (χ2n) is 19.3. The number of alkyl halides is 3. The third-order valence-corrected chi connectivity index (χ3v) is 14.3. The van der Waals surface area contributed by atoms with E-state index in [-0.39, 0.29) is 11.8 Å². The lowest BCUT2D eigenvalue weighted by Gasteiger charge is -2.24. The van der Waals surface area contributed by atoms with E-state index < -0.39 is 20.8 Å². The van der Waals surface area contributed by atoms with Crippen molar-refractivity contribution >= 4 is 38.6 Å². The fourth-order valence-corrected chi connectivity index (χ4v) is 11.7. The molecule has 0 radical (unpaired) electrons. The average molecular weight is 951 g/mol. The predicted molar refractivity (Wildman–Crippen MR) is 291 cm³/mol. The number of hydrogen-bond donors (Lipinski definition) is 0. The first kappa shape index (κ1) is 52.8. The monoisotopic (exact) mass is 951 g/mol. The maximum Gasteiger partial charge on any atom is 0.416 e. The van der Waals surface area contributed by atoms with Gasteiger partial charge in [0, 0.05) is 28.7 Å². The van der Waals surface area contributed by atoms with Crippen LogP contribution in [0.3, 0.4) is 0 Å². The van der Waals surface area contributed by atoms with E-state index in [4.69, 9.17) is 4.99 Å². The Morgan fingerprint density at radius 3 is 1.72 bits per heavy atom. The highest BCUT2D eigenvalue weighted by atomic mass is 31.1. The van der Waals surface area contributed by atoms with E-state index in [9.17, 15) is 0 Å². The zero-order chi connectivity index (χ0) is 50.8. The molecule has 362 valence electrons. The minimum Gasteiger partial charge on any atom is -0.294 e. The van der Waals surface area contributed by atoms with Gasteiger partial charge < -0.3 is 0 Å². The second-order valence-corrected chi connectivity index (χ2v) is 19.9. The highest BCUT2D eigenvalue weighted by Crippen LogP contribution is 2.51. The molecule has 2 heterocycles. The molecule has 1 aromatic heterocycles. The quantitative estimate of drug-likeness (QED) is 0.0910. The first-order chi connectivity index (χ1) is 32.6. The van der Waals surface area contributed by atoms with Crippen LogP contribution in [0.25, 0.3) is 34.9 Å². The van der Waals surface area contributed by atoms with Crippen molar-refractivity contribution in [3.63, 3.8) is 0 Å². The van der Waals surface area contributed by atoms with Crippen molar-refractivity contribution in [1.82, 2.24) is 4.34 Å². The summed E-state index contributed by atoms with van der Waals surface area (Å²) in [5.41, 5.74) is 21.6. The lowest BCUT2D eigenvalue weighted by atomic mass is 9.78. The van der Waals surface area contributed by atoms with Crippen LogP contribution >= 0.6 is 9.04 Å². The molecule has 7 rings (SSSR count). The minimum absolute atomic E-state index is 0.238. The van der Waals surface area contributed by atoms with Gasteiger partial charge in [-0.3, -0.25) is 9.33 Å². The molecule has 0 saturated heterocycles. The van der Waals surface area contributed by atoms with Crippen LogP contribution in [-0.4, -0.2) is 10.0 Å². The van der Waals surface area contributed by atoms with Crippen molar-refractivity contribution in [3.8, 4) is 11.1 Å². The average Bonchev–Trinajstić information content (AvgIpc) is 3.71. The van der Waals surface area contributed by atoms with E-state index in [1.165, 1.54) is 17.7 Å². The Labute approximate surface area is 412 Å². The standard InChI is InChI=1S/C60H65F4N2P.C2H6/c1-15-16-46-30-48(32-49(31-46)60(61,62)63)57(58-44(13)55(53-40(9)26-35(4)27-41(53)10)51(65-58)21-19-47-18-17-33(2)23-37(47)6)59-45(14)56(54-42(11)28-36(5)29-43(54)12)52(66(59)67-64)22-20-50-38(7)24-34(3)25-39(50)8;1-2/h17-32,44,55,67H,15-16H2,1-14H3;1-2H3/b21-19+,22-20+,58-57-;. The van der Waals surface area contributed by atoms with Crippen molar-refractivity contribution in [2.24, 2.45) is 10.9 Å². The Hall–Kier alpha value is -5.58. The first-order valence-electron chi connectivity index (χ1n) is 24.5. The fraction of sp³-hybridized carbons (Fsp3) is 0.339. The summed E-state index contributed by atoms with van der Waals surface area (Å²) in [5, 5.41) is 0. The molecular weight excluding hydrogens is 880 g/mol. The van der Waals surface area contributed by atoms with E-state index in [0.717, 1.165) is 94.7 Å². The zero-order valence-electron chi connectivity index (χ0n) is 43.7. The van der Waals surface area contributed by atoms with Gasteiger partial charge in [0.1, 0.15) is 0 Å². The molecule has 0 spiro atoms. The van der Waals surface area contributed by atoms with E-state index in [1.54, 1.807) is 4.34 Å². The SMILES string of the molecule is CC.CCCc1cc(/C(=C2N=C(/C=C/c3ccc(C)cc3C)C(c3c(C)cc(C)cc3C)C/2C)c2c(C)c(-c3c(C)cc(C)cc3C)c(/C=C/c3c(C)cc(C)cc3C)n2PF)cc(C(F)(F)F)c1. The maximum absolute atomic E-state index is 16.7. The van der Waals surface area contributed by atoms with Gasteiger partial charge in [0.15, 0.2) is 9.04 Å². The van der Waals surface area contributed by atoms with E-state index in [0.29, 0.717) is 46.6 Å². The largest absolute Gasteiger partial charge is 0.416 e. The highest BCUT2D eigenvalue weighted by molar-refractivity contribution is 7.30. The molecule has 7 heteroatoms. The molecule has 0 aliphatic carbocycles. The highest BCUT2D eigenvalue weighted by Gasteiger charge is 2.39. The summed E-state index contributed by atoms with van der Waals surface area (Å²) in [6.45, 7) is 33.2. The topological polar surface area (TPSA) is 17.3 Å². The molecule has 3 unspecified atom stereocenters. The van der Waals surface area contributed by atoms with Crippen molar-refractivity contribution in [2.75, 3.05) is 0 Å². The van der Waals surface area contributed by atoms with Gasteiger partial charge >= 0.3 is 6.18 Å². The van der Waals surface area contributed by atoms with Gasteiger partial charge in [0.2, 0.25) is 0 Å². The number of allylic oxidation sites excluding steroid dienone is 2. The molecule has 0 amide bonds. The first-order valence-corrected chi connectivity index (χ1v) is 25.3. The molecule has 0 N–H and O–H groups in total. The summed E-state index contributed by atoms with van der Waals surface area (Å²) in [6.07, 6.45) is 4.78. The van der Waals surface area contributed by atoms with E-state index in [2.05, 4.69) is 156 Å². The number of aromatic nitrogens is 1. The van der Waals surface area contributed by atoms with Crippen LogP contribution < -0.4 is 0 Å². The van der Waals surface area contributed by atoms with Gasteiger partial charge in [-0.2, -0.15) is 13.2 Å². The fourth-order valence-electron chi connectivity index (χ4n) is 11.0. The molecule has 3 atom stereocenters. The Kier molecular flexibility index (Phi) is 16.5. The van der Waals surface area contributed by atoms with Crippen LogP contribution in [0.2, 0.25) is 0 Å². The molecule has 0 bridgehead atoms. The lowest BCUT2D eigenvalue weighted by Crippen LogP contribution is -2.17. The van der Waals surface area contributed by atoms with Gasteiger partial charge in [-0.25, -0.2) is 4.20 Å². The summed E-state index contributed by atoms with van der Waals surface area (Å²) in [7, 11) is -1.25. The third-order valence-electron chi connectivity index (χ3n) is 13.7. The summed E-state index contributed by atoms with van der Waals surface area (Å²) in [4.78, 5) is 5.59. The van der Waals surface area contributed by atoms with E-state index >= 15 is 17.4 Å². The Bertz CT molecular complexity index is 2970. The molecule has 2 nitrogen and oxygen atoms in total. The summed E-state index contributed by atoms with van der Waals surface area (Å²) in [5.74, 6) is -0.551. The van der Waals surface area contributed by atoms with Crippen molar-refractivity contribution in [1.29, 1.82) is 0 Å². The Morgan fingerprint density at radius 2 is 1.19 bits per heavy atom. The minimum atomic E-state index is -4.62. The van der Waals surface area contributed by atoms with Gasteiger partial charge in [0.05, 0.1) is 22.6 Å². The van der Waals surface area contributed by atoms with Crippen LogP contribution in [0, 0.1) is 89.0 Å². The van der Waals surface area contributed by atoms with Gasteiger partial charge in [0.25, 0.3) is 0 Å². The maximum atomic E-state index is 16.7. The second kappa shape index (κ2) is 21.6. The Balaban J connectivity index is 0.00000386. The number of rotatable bonds is 11. The lowest BCUT2D eigenvalue weighted by molar-refractivity contribution is -0.137. The molecule has 69 heavy (non-hydrogen) atoms. The molecule has 5 aromatic carbocycles. The van der Waals surface area contributed by atoms with Crippen LogP contribution in [0.4, 0.5) is 17.4 Å². The zero-order valence-corrected chi connectivity index (χ0v) is 44.7. The number of nitrogens with zero attached hydrogens (tertiary/aromatic N) is 2. The molecule has 1 aliphatic rings. The normalized spacial score (nSPS) is 16.0. The molecule has 1 aliphatic heterocycles. The number of aryl methyl sites for hydroxylation is 12. The van der Waals surface area contributed by atoms with Crippen molar-refractivity contribution in [3.05, 3.63) is 196 Å². The predicted octanol–water partition coefficient (Wildman–Crippen LogP) is 18.7. The molecule has 0 fully saturated rings. The number of benzene rings is 5. The molecule has 0 saturated carbocycles. The number of aliphatic imine (C=N–C) groups is 1. The summed E-state index contributed by atoms with van der Waals surface area (Å²) in [6, 6.07) is 23.8. The van der Waals surface area contributed by atoms with Crippen molar-refractivity contribution < 1.29 is 17.4 Å².